The molecule has 1 aromatic carbocycles. The number of benzene rings is 1. The molecule has 0 aromatic heterocycles. The summed E-state index contributed by atoms with van der Waals surface area (Å²) in [6.45, 7) is 9.90. The first-order valence-corrected chi connectivity index (χ1v) is 9.78. The minimum Gasteiger partial charge on any atom is -0.492 e. The summed E-state index contributed by atoms with van der Waals surface area (Å²) in [4.78, 5) is 7.07. The Kier molecular flexibility index (Phi) is 9.69. The average molecular weight is 413 g/mol. The fraction of sp³-hybridized carbons (Fsp3) is 0.611. The fourth-order valence-corrected chi connectivity index (χ4v) is 2.93. The van der Waals surface area contributed by atoms with E-state index in [-0.39, 0.29) is 0 Å². The van der Waals surface area contributed by atoms with Gasteiger partial charge in [-0.2, -0.15) is 0 Å². The van der Waals surface area contributed by atoms with E-state index in [0.29, 0.717) is 13.2 Å². The van der Waals surface area contributed by atoms with E-state index in [1.807, 2.05) is 24.3 Å². The number of morpholine rings is 1. The minimum absolute atomic E-state index is 0.592. The first-order chi connectivity index (χ1) is 12.3. The third kappa shape index (κ3) is 8.56. The van der Waals surface area contributed by atoms with Gasteiger partial charge in [0.15, 0.2) is 5.96 Å². The van der Waals surface area contributed by atoms with Crippen LogP contribution >= 0.6 is 15.9 Å². The highest BCUT2D eigenvalue weighted by Gasteiger charge is 2.09. The third-order valence-corrected chi connectivity index (χ3v) is 4.30. The smallest absolute Gasteiger partial charge is 0.191 e. The number of halogens is 1. The molecule has 7 heteroatoms. The first kappa shape index (κ1) is 20.0. The summed E-state index contributed by atoms with van der Waals surface area (Å²) in [7, 11) is 0. The highest BCUT2D eigenvalue weighted by molar-refractivity contribution is 9.10. The van der Waals surface area contributed by atoms with E-state index in [4.69, 9.17) is 9.47 Å². The monoisotopic (exact) mass is 412 g/mol. The van der Waals surface area contributed by atoms with E-state index in [1.54, 1.807) is 0 Å². The Morgan fingerprint density at radius 2 is 2.16 bits per heavy atom. The van der Waals surface area contributed by atoms with Crippen LogP contribution < -0.4 is 15.4 Å². The van der Waals surface area contributed by atoms with Gasteiger partial charge in [0.2, 0.25) is 0 Å². The lowest BCUT2D eigenvalue weighted by Crippen LogP contribution is -2.39. The average Bonchev–Trinajstić information content (AvgIpc) is 2.63. The van der Waals surface area contributed by atoms with Crippen molar-refractivity contribution in [3.05, 3.63) is 28.7 Å². The van der Waals surface area contributed by atoms with Crippen molar-refractivity contribution in [3.63, 3.8) is 0 Å². The van der Waals surface area contributed by atoms with Gasteiger partial charge >= 0.3 is 0 Å². The molecule has 6 nitrogen and oxygen atoms in total. The molecule has 0 saturated carbocycles. The van der Waals surface area contributed by atoms with E-state index in [0.717, 1.165) is 68.5 Å². The van der Waals surface area contributed by atoms with Crippen molar-refractivity contribution in [1.29, 1.82) is 0 Å². The van der Waals surface area contributed by atoms with Gasteiger partial charge in [-0.25, -0.2) is 0 Å². The van der Waals surface area contributed by atoms with Crippen LogP contribution in [0, 0.1) is 0 Å². The number of nitrogens with one attached hydrogen (secondary N) is 2. The molecular weight excluding hydrogens is 384 g/mol. The maximum Gasteiger partial charge on any atom is 0.191 e. The predicted molar refractivity (Wildman–Crippen MR) is 105 cm³/mol. The molecule has 140 valence electrons. The second-order valence-electron chi connectivity index (χ2n) is 5.80. The molecular formula is C18H29BrN4O2. The molecule has 1 aliphatic rings. The summed E-state index contributed by atoms with van der Waals surface area (Å²) in [5.41, 5.74) is 0. The molecule has 0 radical (unpaired) electrons. The second kappa shape index (κ2) is 12.1. The van der Waals surface area contributed by atoms with E-state index in [2.05, 4.69) is 43.4 Å². The van der Waals surface area contributed by atoms with Crippen LogP contribution in [0.3, 0.4) is 0 Å². The van der Waals surface area contributed by atoms with Gasteiger partial charge in [0.1, 0.15) is 12.4 Å². The largest absolute Gasteiger partial charge is 0.492 e. The molecule has 0 bridgehead atoms. The van der Waals surface area contributed by atoms with Crippen molar-refractivity contribution in [2.24, 2.45) is 4.99 Å². The zero-order valence-corrected chi connectivity index (χ0v) is 16.6. The number of nitrogens with zero attached hydrogens (tertiary/aromatic N) is 2. The van der Waals surface area contributed by atoms with Crippen molar-refractivity contribution in [1.82, 2.24) is 15.5 Å². The molecule has 1 fully saturated rings. The standard InChI is InChI=1S/C18H29BrN4O2/c1-2-20-18(21-7-4-9-23-10-13-24-14-11-23)22-8-12-25-17-6-3-5-16(19)15-17/h3,5-6,15H,2,4,7-14H2,1H3,(H2,20,21,22). The van der Waals surface area contributed by atoms with Gasteiger partial charge in [0.25, 0.3) is 0 Å². The zero-order valence-electron chi connectivity index (χ0n) is 15.0. The molecule has 0 amide bonds. The Morgan fingerprint density at radius 3 is 2.92 bits per heavy atom. The normalized spacial score (nSPS) is 15.8. The number of guanidine groups is 1. The highest BCUT2D eigenvalue weighted by Crippen LogP contribution is 2.17. The second-order valence-corrected chi connectivity index (χ2v) is 6.72. The molecule has 0 atom stereocenters. The number of rotatable bonds is 9. The van der Waals surface area contributed by atoms with E-state index >= 15 is 0 Å². The van der Waals surface area contributed by atoms with Crippen molar-refractivity contribution in [3.8, 4) is 5.75 Å². The van der Waals surface area contributed by atoms with Gasteiger partial charge in [-0.05, 0) is 31.5 Å². The number of aliphatic imine (C=N–C) groups is 1. The van der Waals surface area contributed by atoms with Crippen molar-refractivity contribution in [2.45, 2.75) is 13.3 Å². The Hall–Kier alpha value is -1.31. The molecule has 0 spiro atoms. The van der Waals surface area contributed by atoms with Crippen LogP contribution in [0.15, 0.2) is 33.7 Å². The minimum atomic E-state index is 0.592. The Morgan fingerprint density at radius 1 is 1.32 bits per heavy atom. The lowest BCUT2D eigenvalue weighted by atomic mass is 10.3. The van der Waals surface area contributed by atoms with Crippen LogP contribution in [0.1, 0.15) is 13.3 Å². The molecule has 1 saturated heterocycles. The topological polar surface area (TPSA) is 58.1 Å². The summed E-state index contributed by atoms with van der Waals surface area (Å²) in [6.07, 6.45) is 1.06. The number of hydrogen-bond donors (Lipinski definition) is 2. The van der Waals surface area contributed by atoms with Crippen molar-refractivity contribution in [2.75, 3.05) is 59.1 Å². The summed E-state index contributed by atoms with van der Waals surface area (Å²) < 4.78 is 12.1. The van der Waals surface area contributed by atoms with E-state index < -0.39 is 0 Å². The van der Waals surface area contributed by atoms with Gasteiger partial charge in [-0.1, -0.05) is 22.0 Å². The lowest BCUT2D eigenvalue weighted by molar-refractivity contribution is 0.0377. The van der Waals surface area contributed by atoms with Gasteiger partial charge in [0, 0.05) is 37.2 Å². The quantitative estimate of drug-likeness (QED) is 0.369. The Balaban J connectivity index is 1.63. The van der Waals surface area contributed by atoms with Crippen LogP contribution in [0.5, 0.6) is 5.75 Å². The zero-order chi connectivity index (χ0) is 17.7. The van der Waals surface area contributed by atoms with Crippen molar-refractivity contribution >= 4 is 21.9 Å². The summed E-state index contributed by atoms with van der Waals surface area (Å²) in [5.74, 6) is 1.71. The van der Waals surface area contributed by atoms with Gasteiger partial charge in [0.05, 0.1) is 19.8 Å². The molecule has 0 unspecified atom stereocenters. The summed E-state index contributed by atoms with van der Waals surface area (Å²) >= 11 is 3.44. The molecule has 1 aromatic rings. The molecule has 1 aliphatic heterocycles. The molecule has 2 rings (SSSR count). The fourth-order valence-electron chi connectivity index (χ4n) is 2.55. The predicted octanol–water partition coefficient (Wildman–Crippen LogP) is 2.11. The lowest BCUT2D eigenvalue weighted by Gasteiger charge is -2.26. The molecule has 0 aliphatic carbocycles. The van der Waals surface area contributed by atoms with Gasteiger partial charge in [-0.15, -0.1) is 0 Å². The Labute approximate surface area is 159 Å². The van der Waals surface area contributed by atoms with E-state index in [9.17, 15) is 0 Å². The van der Waals surface area contributed by atoms with Gasteiger partial charge in [-0.3, -0.25) is 9.89 Å². The van der Waals surface area contributed by atoms with Crippen LogP contribution in [-0.2, 0) is 4.74 Å². The Bertz CT molecular complexity index is 522. The first-order valence-electron chi connectivity index (χ1n) is 8.98. The van der Waals surface area contributed by atoms with Crippen LogP contribution in [0.2, 0.25) is 0 Å². The summed E-state index contributed by atoms with van der Waals surface area (Å²) in [5, 5.41) is 6.58. The summed E-state index contributed by atoms with van der Waals surface area (Å²) in [6, 6.07) is 7.87. The maximum absolute atomic E-state index is 5.73. The number of hydrogen-bond acceptors (Lipinski definition) is 4. The number of ether oxygens (including phenoxy) is 2. The maximum atomic E-state index is 5.73. The van der Waals surface area contributed by atoms with Crippen LogP contribution in [-0.4, -0.2) is 69.9 Å². The molecule has 25 heavy (non-hydrogen) atoms. The van der Waals surface area contributed by atoms with Crippen LogP contribution in [0.4, 0.5) is 0 Å². The third-order valence-electron chi connectivity index (χ3n) is 3.81. The van der Waals surface area contributed by atoms with Gasteiger partial charge < -0.3 is 20.1 Å². The van der Waals surface area contributed by atoms with E-state index in [1.165, 1.54) is 0 Å². The molecule has 1 heterocycles. The SMILES string of the molecule is CCNC(=NCCCN1CCOCC1)NCCOc1cccc(Br)c1. The van der Waals surface area contributed by atoms with Crippen molar-refractivity contribution < 1.29 is 9.47 Å². The molecule has 2 N–H and O–H groups in total. The van der Waals surface area contributed by atoms with Crippen LogP contribution in [0.25, 0.3) is 0 Å². The highest BCUT2D eigenvalue weighted by atomic mass is 79.9.